The Morgan fingerprint density at radius 2 is 0.804 bits per heavy atom. The fourth-order valence-corrected chi connectivity index (χ4v) is 8.16. The van der Waals surface area contributed by atoms with Crippen molar-refractivity contribution in [3.63, 3.8) is 0 Å². The van der Waals surface area contributed by atoms with Gasteiger partial charge in [-0.1, -0.05) is 176 Å². The van der Waals surface area contributed by atoms with Gasteiger partial charge in [0.15, 0.2) is 0 Å². The predicted octanol–water partition coefficient (Wildman–Crippen LogP) is 14.9. The van der Waals surface area contributed by atoms with Gasteiger partial charge in [0.25, 0.3) is 0 Å². The zero-order valence-electron chi connectivity index (χ0n) is 30.8. The molecule has 2 nitrogen and oxygen atoms in total. The number of hydrogen-bond acceptors (Lipinski definition) is 1. The summed E-state index contributed by atoms with van der Waals surface area (Å²) < 4.78 is 2.44. The van der Waals surface area contributed by atoms with Crippen LogP contribution in [-0.2, 0) is 0 Å². The molecule has 0 atom stereocenters. The third-order valence-corrected chi connectivity index (χ3v) is 10.8. The van der Waals surface area contributed by atoms with Crippen LogP contribution < -0.4 is 4.90 Å². The van der Waals surface area contributed by atoms with E-state index in [1.165, 1.54) is 55.2 Å². The van der Waals surface area contributed by atoms with Crippen molar-refractivity contribution in [2.75, 3.05) is 4.90 Å². The van der Waals surface area contributed by atoms with Crippen molar-refractivity contribution in [3.8, 4) is 50.2 Å². The fourth-order valence-electron chi connectivity index (χ4n) is 8.16. The Morgan fingerprint density at radius 3 is 1.52 bits per heavy atom. The topological polar surface area (TPSA) is 8.17 Å². The van der Waals surface area contributed by atoms with E-state index in [4.69, 9.17) is 0 Å². The van der Waals surface area contributed by atoms with Gasteiger partial charge in [-0.15, -0.1) is 0 Å². The van der Waals surface area contributed by atoms with E-state index in [9.17, 15) is 0 Å². The fraction of sp³-hybridized carbons (Fsp3) is 0. The van der Waals surface area contributed by atoms with Crippen LogP contribution in [0.5, 0.6) is 0 Å². The molecule has 0 N–H and O–H groups in total. The summed E-state index contributed by atoms with van der Waals surface area (Å²) in [6, 6.07) is 83.0. The molecule has 0 fully saturated rings. The molecule has 0 saturated heterocycles. The van der Waals surface area contributed by atoms with Gasteiger partial charge in [0.2, 0.25) is 0 Å². The van der Waals surface area contributed by atoms with Crippen molar-refractivity contribution in [3.05, 3.63) is 231 Å². The number of fused-ring (bicyclic) bond motifs is 3. The van der Waals surface area contributed by atoms with Crippen LogP contribution in [0.25, 0.3) is 72.0 Å². The molecule has 0 aliphatic heterocycles. The first kappa shape index (κ1) is 33.2. The Kier molecular flexibility index (Phi) is 8.55. The molecule has 10 rings (SSSR count). The second-order valence-electron chi connectivity index (χ2n) is 14.1. The van der Waals surface area contributed by atoms with Gasteiger partial charge in [0, 0.05) is 33.4 Å². The molecule has 0 unspecified atom stereocenters. The quantitative estimate of drug-likeness (QED) is 0.152. The van der Waals surface area contributed by atoms with Crippen molar-refractivity contribution in [1.82, 2.24) is 4.57 Å². The SMILES string of the molecule is c1ccc(-c2ccc(N(c3ccccc3)c3ccccc3-c3ccc4c5ccccc5n(-c5ccc(-c6ccccc6)c(-c6ccccc6)c5)c4c3)cc2)cc1. The van der Waals surface area contributed by atoms with E-state index in [0.717, 1.165) is 33.9 Å². The maximum Gasteiger partial charge on any atom is 0.0547 e. The Bertz CT molecular complexity index is 2930. The highest BCUT2D eigenvalue weighted by atomic mass is 15.1. The van der Waals surface area contributed by atoms with Crippen LogP contribution in [0.3, 0.4) is 0 Å². The number of nitrogens with zero attached hydrogens (tertiary/aromatic N) is 2. The minimum atomic E-state index is 1.10. The summed E-state index contributed by atoms with van der Waals surface area (Å²) in [6.07, 6.45) is 0. The zero-order valence-corrected chi connectivity index (χ0v) is 30.8. The number of para-hydroxylation sites is 3. The number of hydrogen-bond donors (Lipinski definition) is 0. The van der Waals surface area contributed by atoms with Gasteiger partial charge in [0.05, 0.1) is 16.7 Å². The van der Waals surface area contributed by atoms with Crippen molar-refractivity contribution in [2.45, 2.75) is 0 Å². The molecule has 56 heavy (non-hydrogen) atoms. The summed E-state index contributed by atoms with van der Waals surface area (Å²) in [7, 11) is 0. The first-order chi connectivity index (χ1) is 27.8. The molecule has 0 radical (unpaired) electrons. The number of rotatable bonds is 8. The molecule has 0 saturated carbocycles. The smallest absolute Gasteiger partial charge is 0.0547 e. The Morgan fingerprint density at radius 1 is 0.286 bits per heavy atom. The van der Waals surface area contributed by atoms with Gasteiger partial charge in [-0.3, -0.25) is 0 Å². The molecule has 0 aliphatic rings. The summed E-state index contributed by atoms with van der Waals surface area (Å²) in [6.45, 7) is 0. The van der Waals surface area contributed by atoms with E-state index in [1.807, 2.05) is 0 Å². The lowest BCUT2D eigenvalue weighted by Gasteiger charge is -2.28. The van der Waals surface area contributed by atoms with Crippen molar-refractivity contribution < 1.29 is 0 Å². The van der Waals surface area contributed by atoms with Crippen LogP contribution in [0.15, 0.2) is 231 Å². The molecule has 0 aliphatic carbocycles. The maximum atomic E-state index is 2.44. The normalized spacial score (nSPS) is 11.2. The summed E-state index contributed by atoms with van der Waals surface area (Å²) in [4.78, 5) is 2.37. The van der Waals surface area contributed by atoms with Gasteiger partial charge in [-0.05, 0) is 93.5 Å². The summed E-state index contributed by atoms with van der Waals surface area (Å²) in [5, 5.41) is 2.46. The van der Waals surface area contributed by atoms with Crippen LogP contribution >= 0.6 is 0 Å². The second-order valence-corrected chi connectivity index (χ2v) is 14.1. The predicted molar refractivity (Wildman–Crippen MR) is 237 cm³/mol. The molecule has 0 spiro atoms. The first-order valence-electron chi connectivity index (χ1n) is 19.2. The Hall–Kier alpha value is -7.42. The van der Waals surface area contributed by atoms with Crippen LogP contribution in [0, 0.1) is 0 Å². The molecule has 1 aromatic heterocycles. The third-order valence-electron chi connectivity index (χ3n) is 10.8. The molecule has 2 heteroatoms. The molecule has 9 aromatic carbocycles. The van der Waals surface area contributed by atoms with E-state index in [-0.39, 0.29) is 0 Å². The third kappa shape index (κ3) is 6.04. The summed E-state index contributed by atoms with van der Waals surface area (Å²) in [5.41, 5.74) is 16.4. The van der Waals surface area contributed by atoms with Crippen molar-refractivity contribution in [2.24, 2.45) is 0 Å². The molecular weight excluding hydrogens is 677 g/mol. The van der Waals surface area contributed by atoms with Crippen LogP contribution in [0.1, 0.15) is 0 Å². The minimum absolute atomic E-state index is 1.10. The zero-order chi connectivity index (χ0) is 37.3. The van der Waals surface area contributed by atoms with Gasteiger partial charge < -0.3 is 9.47 Å². The minimum Gasteiger partial charge on any atom is -0.310 e. The standard InChI is InChI=1S/C54H38N2/c1-5-17-39(18-6-1)40-29-32-45(33-30-40)55(44-23-11-4-12-24-44)52-27-15-13-25-48(52)43-31-35-50-49-26-14-16-28-53(49)56(54(50)37-43)46-34-36-47(41-19-7-2-8-20-41)51(38-46)42-21-9-3-10-22-42/h1-38H. The summed E-state index contributed by atoms with van der Waals surface area (Å²) in [5.74, 6) is 0. The Labute approximate surface area is 327 Å². The first-order valence-corrected chi connectivity index (χ1v) is 19.2. The van der Waals surface area contributed by atoms with Gasteiger partial charge in [-0.2, -0.15) is 0 Å². The van der Waals surface area contributed by atoms with Crippen LogP contribution in [-0.4, -0.2) is 4.57 Å². The summed E-state index contributed by atoms with van der Waals surface area (Å²) >= 11 is 0. The number of benzene rings is 9. The van der Waals surface area contributed by atoms with E-state index in [0.29, 0.717) is 0 Å². The highest BCUT2D eigenvalue weighted by Gasteiger charge is 2.20. The van der Waals surface area contributed by atoms with Crippen molar-refractivity contribution >= 4 is 38.9 Å². The van der Waals surface area contributed by atoms with Crippen LogP contribution in [0.4, 0.5) is 17.1 Å². The molecular formula is C54H38N2. The molecule has 264 valence electrons. The molecule has 0 bridgehead atoms. The number of anilines is 3. The lowest BCUT2D eigenvalue weighted by atomic mass is 9.94. The van der Waals surface area contributed by atoms with Gasteiger partial charge in [0.1, 0.15) is 0 Å². The van der Waals surface area contributed by atoms with E-state index in [1.54, 1.807) is 0 Å². The molecule has 0 amide bonds. The van der Waals surface area contributed by atoms with Gasteiger partial charge >= 0.3 is 0 Å². The molecule has 10 aromatic rings. The molecule has 1 heterocycles. The second kappa shape index (κ2) is 14.4. The Balaban J connectivity index is 1.15. The monoisotopic (exact) mass is 714 g/mol. The van der Waals surface area contributed by atoms with E-state index in [2.05, 4.69) is 240 Å². The lowest BCUT2D eigenvalue weighted by molar-refractivity contribution is 1.18. The number of aromatic nitrogens is 1. The maximum absolute atomic E-state index is 2.44. The average Bonchev–Trinajstić information content (AvgIpc) is 3.62. The highest BCUT2D eigenvalue weighted by Crippen LogP contribution is 2.43. The van der Waals surface area contributed by atoms with E-state index >= 15 is 0 Å². The van der Waals surface area contributed by atoms with Crippen LogP contribution in [0.2, 0.25) is 0 Å². The average molecular weight is 715 g/mol. The van der Waals surface area contributed by atoms with Crippen molar-refractivity contribution in [1.29, 1.82) is 0 Å². The van der Waals surface area contributed by atoms with Gasteiger partial charge in [-0.25, -0.2) is 0 Å². The van der Waals surface area contributed by atoms with E-state index < -0.39 is 0 Å². The lowest BCUT2D eigenvalue weighted by Crippen LogP contribution is -2.11. The highest BCUT2D eigenvalue weighted by molar-refractivity contribution is 6.10. The largest absolute Gasteiger partial charge is 0.310 e.